The summed E-state index contributed by atoms with van der Waals surface area (Å²) >= 11 is 3.51. The lowest BCUT2D eigenvalue weighted by molar-refractivity contribution is 0.270. The van der Waals surface area contributed by atoms with Gasteiger partial charge in [0, 0.05) is 10.0 Å². The van der Waals surface area contributed by atoms with Crippen LogP contribution in [0.5, 0.6) is 0 Å². The molecule has 0 aliphatic carbocycles. The largest absolute Gasteiger partial charge is 0.388 e. The van der Waals surface area contributed by atoms with E-state index in [0.29, 0.717) is 12.4 Å². The number of aliphatic hydroxyl groups is 1. The van der Waals surface area contributed by atoms with Crippen molar-refractivity contribution in [2.24, 2.45) is 0 Å². The maximum atomic E-state index is 9.30. The second-order valence-electron chi connectivity index (χ2n) is 4.98. The van der Waals surface area contributed by atoms with Gasteiger partial charge in [-0.15, -0.1) is 0 Å². The minimum absolute atomic E-state index is 0.165. The van der Waals surface area contributed by atoms with Crippen molar-refractivity contribution in [2.75, 3.05) is 0 Å². The van der Waals surface area contributed by atoms with Crippen LogP contribution in [0.2, 0.25) is 0 Å². The minimum Gasteiger partial charge on any atom is -0.388 e. The van der Waals surface area contributed by atoms with E-state index in [0.717, 1.165) is 32.9 Å². The van der Waals surface area contributed by atoms with Crippen LogP contribution in [0.4, 0.5) is 0 Å². The van der Waals surface area contributed by atoms with Gasteiger partial charge in [-0.3, -0.25) is 0 Å². The molecule has 0 amide bonds. The van der Waals surface area contributed by atoms with Gasteiger partial charge >= 0.3 is 0 Å². The summed E-state index contributed by atoms with van der Waals surface area (Å²) in [4.78, 5) is 8.85. The number of hydrogen-bond acceptors (Lipinski definition) is 4. The van der Waals surface area contributed by atoms with E-state index < -0.39 is 0 Å². The maximum absolute atomic E-state index is 9.30. The average molecular weight is 346 g/mol. The fourth-order valence-corrected chi connectivity index (χ4v) is 3.03. The molecule has 3 heterocycles. The second-order valence-corrected chi connectivity index (χ2v) is 5.89. The Kier molecular flexibility index (Phi) is 2.73. The van der Waals surface area contributed by atoms with Crippen molar-refractivity contribution < 1.29 is 5.11 Å². The van der Waals surface area contributed by atoms with Crippen LogP contribution in [-0.2, 0) is 13.2 Å². The molecule has 0 radical (unpaired) electrons. The Morgan fingerprint density at radius 3 is 3.05 bits per heavy atom. The van der Waals surface area contributed by atoms with Gasteiger partial charge in [0.25, 0.3) is 0 Å². The van der Waals surface area contributed by atoms with Crippen LogP contribution in [-0.4, -0.2) is 29.4 Å². The SMILES string of the molecule is Cc1ncn2c1Cn1nc(CO)nc1-c1cc(Br)ccc1-2. The van der Waals surface area contributed by atoms with Gasteiger partial charge in [0.1, 0.15) is 6.61 Å². The number of imidazole rings is 1. The van der Waals surface area contributed by atoms with E-state index >= 15 is 0 Å². The van der Waals surface area contributed by atoms with Crippen LogP contribution in [0.15, 0.2) is 29.0 Å². The highest BCUT2D eigenvalue weighted by Gasteiger charge is 2.23. The molecule has 1 aromatic carbocycles. The molecule has 3 aromatic rings. The molecule has 2 aromatic heterocycles. The lowest BCUT2D eigenvalue weighted by atomic mass is 10.1. The standard InChI is InChI=1S/C14H12BrN5O/c1-8-12-5-20-14(17-13(6-21)18-20)10-4-9(15)2-3-11(10)19(12)7-16-8/h2-4,7,21H,5-6H2,1H3. The Bertz CT molecular complexity index is 851. The fourth-order valence-electron chi connectivity index (χ4n) is 2.67. The van der Waals surface area contributed by atoms with Gasteiger partial charge in [-0.25, -0.2) is 14.6 Å². The number of halogens is 1. The van der Waals surface area contributed by atoms with Gasteiger partial charge in [0.2, 0.25) is 0 Å². The normalized spacial score (nSPS) is 12.5. The molecule has 0 fully saturated rings. The number of rotatable bonds is 1. The summed E-state index contributed by atoms with van der Waals surface area (Å²) in [5.41, 5.74) is 4.03. The first-order valence-corrected chi connectivity index (χ1v) is 7.34. The Balaban J connectivity index is 2.08. The molecule has 0 unspecified atom stereocenters. The summed E-state index contributed by atoms with van der Waals surface area (Å²) in [5.74, 6) is 1.19. The van der Waals surface area contributed by atoms with Crippen LogP contribution >= 0.6 is 15.9 Å². The van der Waals surface area contributed by atoms with Crippen LogP contribution in [0, 0.1) is 6.92 Å². The third kappa shape index (κ3) is 1.85. The van der Waals surface area contributed by atoms with Gasteiger partial charge in [-0.2, -0.15) is 5.10 Å². The van der Waals surface area contributed by atoms with Crippen molar-refractivity contribution in [3.8, 4) is 17.1 Å². The first kappa shape index (κ1) is 12.7. The fraction of sp³-hybridized carbons (Fsp3) is 0.214. The Labute approximate surface area is 129 Å². The first-order valence-electron chi connectivity index (χ1n) is 6.55. The van der Waals surface area contributed by atoms with Crippen molar-refractivity contribution in [2.45, 2.75) is 20.1 Å². The molecule has 0 spiro atoms. The van der Waals surface area contributed by atoms with E-state index in [2.05, 4.69) is 35.6 Å². The van der Waals surface area contributed by atoms with E-state index in [-0.39, 0.29) is 6.61 Å². The summed E-state index contributed by atoms with van der Waals surface area (Å²) in [6.45, 7) is 2.40. The maximum Gasteiger partial charge on any atom is 0.176 e. The lowest BCUT2D eigenvalue weighted by Gasteiger charge is -2.08. The van der Waals surface area contributed by atoms with Crippen molar-refractivity contribution in [1.29, 1.82) is 0 Å². The summed E-state index contributed by atoms with van der Waals surface area (Å²) in [7, 11) is 0. The van der Waals surface area contributed by atoms with Crippen LogP contribution in [0.3, 0.4) is 0 Å². The molecular formula is C14H12BrN5O. The lowest BCUT2D eigenvalue weighted by Crippen LogP contribution is -2.06. The predicted molar refractivity (Wildman–Crippen MR) is 80.0 cm³/mol. The number of hydrogen-bond donors (Lipinski definition) is 1. The zero-order valence-electron chi connectivity index (χ0n) is 11.3. The van der Waals surface area contributed by atoms with Gasteiger partial charge in [0.15, 0.2) is 11.6 Å². The van der Waals surface area contributed by atoms with Crippen molar-refractivity contribution in [3.63, 3.8) is 0 Å². The molecule has 106 valence electrons. The summed E-state index contributed by atoms with van der Waals surface area (Å²) in [6.07, 6.45) is 1.83. The highest BCUT2D eigenvalue weighted by Crippen LogP contribution is 2.33. The van der Waals surface area contributed by atoms with Crippen molar-refractivity contribution >= 4 is 15.9 Å². The topological polar surface area (TPSA) is 68.8 Å². The van der Waals surface area contributed by atoms with Crippen LogP contribution in [0.25, 0.3) is 17.1 Å². The highest BCUT2D eigenvalue weighted by molar-refractivity contribution is 9.10. The molecular weight excluding hydrogens is 334 g/mol. The van der Waals surface area contributed by atoms with E-state index in [1.165, 1.54) is 0 Å². The van der Waals surface area contributed by atoms with E-state index in [1.54, 1.807) is 0 Å². The predicted octanol–water partition coefficient (Wildman–Crippen LogP) is 2.06. The highest BCUT2D eigenvalue weighted by atomic mass is 79.9. The molecule has 21 heavy (non-hydrogen) atoms. The zero-order valence-corrected chi connectivity index (χ0v) is 12.9. The monoisotopic (exact) mass is 345 g/mol. The second kappa shape index (κ2) is 4.51. The van der Waals surface area contributed by atoms with Gasteiger partial charge in [-0.05, 0) is 25.1 Å². The van der Waals surface area contributed by atoms with Gasteiger partial charge in [-0.1, -0.05) is 15.9 Å². The molecule has 1 aliphatic heterocycles. The molecule has 6 nitrogen and oxygen atoms in total. The number of nitrogens with zero attached hydrogens (tertiary/aromatic N) is 5. The van der Waals surface area contributed by atoms with Gasteiger partial charge < -0.3 is 9.67 Å². The Morgan fingerprint density at radius 2 is 2.24 bits per heavy atom. The Morgan fingerprint density at radius 1 is 1.38 bits per heavy atom. The number of aryl methyl sites for hydroxylation is 1. The molecule has 7 heteroatoms. The molecule has 1 aliphatic rings. The van der Waals surface area contributed by atoms with Crippen molar-refractivity contribution in [3.05, 3.63) is 46.2 Å². The number of fused-ring (bicyclic) bond motifs is 5. The number of aromatic nitrogens is 5. The molecule has 0 atom stereocenters. The molecule has 0 saturated heterocycles. The summed E-state index contributed by atoms with van der Waals surface area (Å²) in [6, 6.07) is 6.05. The third-order valence-corrected chi connectivity index (χ3v) is 4.18. The molecule has 0 bridgehead atoms. The zero-order chi connectivity index (χ0) is 14.6. The van der Waals surface area contributed by atoms with E-state index in [4.69, 9.17) is 0 Å². The molecule has 4 rings (SSSR count). The molecule has 1 N–H and O–H groups in total. The summed E-state index contributed by atoms with van der Waals surface area (Å²) < 4.78 is 4.87. The van der Waals surface area contributed by atoms with Gasteiger partial charge in [0.05, 0.1) is 29.9 Å². The van der Waals surface area contributed by atoms with E-state index in [9.17, 15) is 5.11 Å². The Hall–Kier alpha value is -1.99. The minimum atomic E-state index is -0.165. The number of benzene rings is 1. The van der Waals surface area contributed by atoms with Crippen molar-refractivity contribution in [1.82, 2.24) is 24.3 Å². The van der Waals surface area contributed by atoms with Crippen LogP contribution in [0.1, 0.15) is 17.2 Å². The van der Waals surface area contributed by atoms with E-state index in [1.807, 2.05) is 36.1 Å². The smallest absolute Gasteiger partial charge is 0.176 e. The molecule has 0 saturated carbocycles. The quantitative estimate of drug-likeness (QED) is 0.573. The average Bonchev–Trinajstić information content (AvgIpc) is 3.01. The first-order chi connectivity index (χ1) is 10.2. The number of aliphatic hydroxyl groups excluding tert-OH is 1. The third-order valence-electron chi connectivity index (χ3n) is 3.69. The summed E-state index contributed by atoms with van der Waals surface area (Å²) in [5, 5.41) is 13.7. The van der Waals surface area contributed by atoms with Crippen LogP contribution < -0.4 is 0 Å².